The molecule has 0 aliphatic heterocycles. The SMILES string of the molecule is COc1ccccc1NC1CCC[C@H]2CCCC[C@]12ON. The molecule has 3 atom stereocenters. The molecule has 0 bridgehead atoms. The molecule has 0 spiro atoms. The van der Waals surface area contributed by atoms with Gasteiger partial charge in [-0.3, -0.25) is 4.84 Å². The quantitative estimate of drug-likeness (QED) is 0.834. The summed E-state index contributed by atoms with van der Waals surface area (Å²) in [6.45, 7) is 0. The summed E-state index contributed by atoms with van der Waals surface area (Å²) in [6, 6.07) is 8.33. The van der Waals surface area contributed by atoms with Crippen molar-refractivity contribution in [1.29, 1.82) is 0 Å². The maximum Gasteiger partial charge on any atom is 0.141 e. The number of benzene rings is 1. The minimum atomic E-state index is -0.211. The van der Waals surface area contributed by atoms with Crippen LogP contribution in [-0.4, -0.2) is 18.8 Å². The Labute approximate surface area is 127 Å². The minimum absolute atomic E-state index is 0.211. The number of nitrogens with one attached hydrogen (secondary N) is 1. The van der Waals surface area contributed by atoms with Crippen molar-refractivity contribution in [1.82, 2.24) is 0 Å². The van der Waals surface area contributed by atoms with Crippen LogP contribution in [0.15, 0.2) is 24.3 Å². The van der Waals surface area contributed by atoms with Crippen molar-refractivity contribution in [3.63, 3.8) is 0 Å². The number of ether oxygens (including phenoxy) is 1. The van der Waals surface area contributed by atoms with E-state index in [2.05, 4.69) is 11.4 Å². The van der Waals surface area contributed by atoms with E-state index in [1.807, 2.05) is 18.2 Å². The van der Waals surface area contributed by atoms with E-state index in [-0.39, 0.29) is 11.6 Å². The largest absolute Gasteiger partial charge is 0.495 e. The van der Waals surface area contributed by atoms with Gasteiger partial charge in [-0.25, -0.2) is 5.90 Å². The van der Waals surface area contributed by atoms with Crippen molar-refractivity contribution >= 4 is 5.69 Å². The molecular weight excluding hydrogens is 264 g/mol. The molecule has 116 valence electrons. The van der Waals surface area contributed by atoms with Gasteiger partial charge in [0.1, 0.15) is 11.4 Å². The highest BCUT2D eigenvalue weighted by atomic mass is 16.6. The fourth-order valence-corrected chi connectivity index (χ4v) is 4.28. The van der Waals surface area contributed by atoms with Crippen molar-refractivity contribution in [3.05, 3.63) is 24.3 Å². The summed E-state index contributed by atoms with van der Waals surface area (Å²) in [5.74, 6) is 7.25. The van der Waals surface area contributed by atoms with Crippen LogP contribution >= 0.6 is 0 Å². The number of nitrogens with two attached hydrogens (primary N) is 1. The Hall–Kier alpha value is -1.26. The Morgan fingerprint density at radius 3 is 2.76 bits per heavy atom. The third kappa shape index (κ3) is 2.62. The Morgan fingerprint density at radius 1 is 1.14 bits per heavy atom. The van der Waals surface area contributed by atoms with E-state index in [9.17, 15) is 0 Å². The summed E-state index contributed by atoms with van der Waals surface area (Å²) in [7, 11) is 1.71. The molecular formula is C17H26N2O2. The lowest BCUT2D eigenvalue weighted by Crippen LogP contribution is -2.59. The van der Waals surface area contributed by atoms with E-state index < -0.39 is 0 Å². The Bertz CT molecular complexity index is 478. The molecule has 0 amide bonds. The lowest BCUT2D eigenvalue weighted by atomic mass is 9.64. The standard InChI is InChI=1S/C17H26N2O2/c1-20-15-10-3-2-9-14(15)19-16-11-6-8-13-7-4-5-12-17(13,16)21-18/h2-3,9-10,13,16,19H,4-8,11-12,18H2,1H3/t13-,16?,17-/m1/s1. The van der Waals surface area contributed by atoms with E-state index in [0.29, 0.717) is 5.92 Å². The number of anilines is 1. The van der Waals surface area contributed by atoms with E-state index in [1.54, 1.807) is 7.11 Å². The highest BCUT2D eigenvalue weighted by Crippen LogP contribution is 2.47. The number of para-hydroxylation sites is 2. The minimum Gasteiger partial charge on any atom is -0.495 e. The van der Waals surface area contributed by atoms with Crippen molar-refractivity contribution in [3.8, 4) is 5.75 Å². The van der Waals surface area contributed by atoms with E-state index in [0.717, 1.165) is 24.3 Å². The molecule has 4 heteroatoms. The van der Waals surface area contributed by atoms with Crippen LogP contribution in [0.25, 0.3) is 0 Å². The van der Waals surface area contributed by atoms with Gasteiger partial charge in [-0.05, 0) is 43.7 Å². The van der Waals surface area contributed by atoms with Crippen LogP contribution in [0, 0.1) is 5.92 Å². The summed E-state index contributed by atoms with van der Waals surface area (Å²) in [5.41, 5.74) is 0.824. The molecule has 0 heterocycles. The summed E-state index contributed by atoms with van der Waals surface area (Å²) < 4.78 is 5.45. The number of hydrogen-bond acceptors (Lipinski definition) is 4. The van der Waals surface area contributed by atoms with Crippen molar-refractivity contribution in [2.75, 3.05) is 12.4 Å². The first-order chi connectivity index (χ1) is 10.3. The van der Waals surface area contributed by atoms with Crippen molar-refractivity contribution < 1.29 is 9.57 Å². The Kier molecular flexibility index (Phi) is 4.36. The molecule has 0 aromatic heterocycles. The molecule has 2 aliphatic rings. The average Bonchev–Trinajstić information content (AvgIpc) is 2.55. The summed E-state index contributed by atoms with van der Waals surface area (Å²) in [4.78, 5) is 5.64. The second-order valence-corrected chi connectivity index (χ2v) is 6.34. The second kappa shape index (κ2) is 6.24. The van der Waals surface area contributed by atoms with Gasteiger partial charge in [0.15, 0.2) is 0 Å². The van der Waals surface area contributed by atoms with Crippen molar-refractivity contribution in [2.24, 2.45) is 11.8 Å². The first-order valence-electron chi connectivity index (χ1n) is 8.07. The maximum atomic E-state index is 5.79. The van der Waals surface area contributed by atoms with Crippen LogP contribution in [-0.2, 0) is 4.84 Å². The Morgan fingerprint density at radius 2 is 1.95 bits per heavy atom. The molecule has 3 rings (SSSR count). The zero-order valence-corrected chi connectivity index (χ0v) is 12.8. The molecule has 2 saturated carbocycles. The molecule has 4 nitrogen and oxygen atoms in total. The van der Waals surface area contributed by atoms with E-state index in [1.165, 1.54) is 32.1 Å². The molecule has 1 unspecified atom stereocenters. The third-order valence-electron chi connectivity index (χ3n) is 5.35. The van der Waals surface area contributed by atoms with Crippen LogP contribution in [0.5, 0.6) is 5.75 Å². The van der Waals surface area contributed by atoms with E-state index >= 15 is 0 Å². The van der Waals surface area contributed by atoms with E-state index in [4.69, 9.17) is 15.5 Å². The molecule has 3 N–H and O–H groups in total. The van der Waals surface area contributed by atoms with Crippen LogP contribution in [0.4, 0.5) is 5.69 Å². The van der Waals surface area contributed by atoms with Gasteiger partial charge in [-0.1, -0.05) is 31.4 Å². The third-order valence-corrected chi connectivity index (χ3v) is 5.35. The number of fused-ring (bicyclic) bond motifs is 1. The second-order valence-electron chi connectivity index (χ2n) is 6.34. The highest BCUT2D eigenvalue weighted by Gasteiger charge is 2.50. The van der Waals surface area contributed by atoms with Crippen LogP contribution in [0.2, 0.25) is 0 Å². The molecule has 1 aromatic carbocycles. The summed E-state index contributed by atoms with van der Waals surface area (Å²) in [5, 5.41) is 3.66. The van der Waals surface area contributed by atoms with Crippen LogP contribution in [0.3, 0.4) is 0 Å². The molecule has 21 heavy (non-hydrogen) atoms. The van der Waals surface area contributed by atoms with Gasteiger partial charge in [0.2, 0.25) is 0 Å². The highest BCUT2D eigenvalue weighted by molar-refractivity contribution is 5.57. The molecule has 1 aromatic rings. The van der Waals surface area contributed by atoms with Crippen LogP contribution < -0.4 is 16.0 Å². The van der Waals surface area contributed by atoms with Gasteiger partial charge in [-0.15, -0.1) is 0 Å². The first-order valence-corrected chi connectivity index (χ1v) is 8.07. The van der Waals surface area contributed by atoms with Crippen LogP contribution in [0.1, 0.15) is 44.9 Å². The topological polar surface area (TPSA) is 56.5 Å². The smallest absolute Gasteiger partial charge is 0.141 e. The lowest BCUT2D eigenvalue weighted by molar-refractivity contribution is -0.138. The predicted molar refractivity (Wildman–Crippen MR) is 84.2 cm³/mol. The molecule has 0 saturated heterocycles. The molecule has 2 fully saturated rings. The zero-order valence-electron chi connectivity index (χ0n) is 12.8. The summed E-state index contributed by atoms with van der Waals surface area (Å²) in [6.07, 6.45) is 8.38. The van der Waals surface area contributed by atoms with Gasteiger partial charge >= 0.3 is 0 Å². The van der Waals surface area contributed by atoms with Crippen molar-refractivity contribution in [2.45, 2.75) is 56.6 Å². The fourth-order valence-electron chi connectivity index (χ4n) is 4.28. The number of hydrogen-bond donors (Lipinski definition) is 2. The maximum absolute atomic E-state index is 5.79. The van der Waals surface area contributed by atoms with Gasteiger partial charge < -0.3 is 10.1 Å². The molecule has 2 aliphatic carbocycles. The number of methoxy groups -OCH3 is 1. The normalized spacial score (nSPS) is 32.3. The first kappa shape index (κ1) is 14.7. The fraction of sp³-hybridized carbons (Fsp3) is 0.647. The monoisotopic (exact) mass is 290 g/mol. The van der Waals surface area contributed by atoms with Gasteiger partial charge in [-0.2, -0.15) is 0 Å². The average molecular weight is 290 g/mol. The Balaban J connectivity index is 1.85. The number of rotatable bonds is 4. The molecule has 0 radical (unpaired) electrons. The van der Waals surface area contributed by atoms with Gasteiger partial charge in [0.05, 0.1) is 18.8 Å². The van der Waals surface area contributed by atoms with Gasteiger partial charge in [0, 0.05) is 0 Å². The zero-order chi connectivity index (χ0) is 14.7. The summed E-state index contributed by atoms with van der Waals surface area (Å²) >= 11 is 0. The predicted octanol–water partition coefficient (Wildman–Crippen LogP) is 3.48. The van der Waals surface area contributed by atoms with Gasteiger partial charge in [0.25, 0.3) is 0 Å². The lowest BCUT2D eigenvalue weighted by Gasteiger charge is -2.51.